The second kappa shape index (κ2) is 6.24. The third-order valence-electron chi connectivity index (χ3n) is 2.95. The molecule has 100 valence electrons. The van der Waals surface area contributed by atoms with Crippen LogP contribution in [0.4, 0.5) is 4.39 Å². The van der Waals surface area contributed by atoms with Gasteiger partial charge in [-0.2, -0.15) is 0 Å². The fourth-order valence-electron chi connectivity index (χ4n) is 1.97. The minimum absolute atomic E-state index is 0.0347. The molecule has 2 N–H and O–H groups in total. The Balaban J connectivity index is 1.89. The van der Waals surface area contributed by atoms with E-state index in [4.69, 9.17) is 14.6 Å². The van der Waals surface area contributed by atoms with Gasteiger partial charge in [0.2, 0.25) is 0 Å². The van der Waals surface area contributed by atoms with Crippen molar-refractivity contribution in [3.05, 3.63) is 35.9 Å². The molecule has 1 heterocycles. The summed E-state index contributed by atoms with van der Waals surface area (Å²) in [5.41, 5.74) is 0.904. The van der Waals surface area contributed by atoms with Crippen molar-refractivity contribution < 1.29 is 24.1 Å². The highest BCUT2D eigenvalue weighted by Gasteiger charge is 2.38. The van der Waals surface area contributed by atoms with E-state index in [0.29, 0.717) is 0 Å². The maximum atomic E-state index is 13.8. The molecule has 1 fully saturated rings. The summed E-state index contributed by atoms with van der Waals surface area (Å²) in [7, 11) is 0. The van der Waals surface area contributed by atoms with Crippen LogP contribution in [0.5, 0.6) is 0 Å². The van der Waals surface area contributed by atoms with Crippen molar-refractivity contribution in [2.24, 2.45) is 0 Å². The minimum Gasteiger partial charge on any atom is -0.394 e. The van der Waals surface area contributed by atoms with Gasteiger partial charge in [-0.25, -0.2) is 4.39 Å². The van der Waals surface area contributed by atoms with Gasteiger partial charge in [-0.15, -0.1) is 0 Å². The van der Waals surface area contributed by atoms with Crippen LogP contribution in [0.25, 0.3) is 0 Å². The number of halogens is 1. The monoisotopic (exact) mass is 256 g/mol. The summed E-state index contributed by atoms with van der Waals surface area (Å²) < 4.78 is 24.2. The number of ether oxygens (including phenoxy) is 2. The van der Waals surface area contributed by atoms with E-state index < -0.39 is 24.7 Å². The van der Waals surface area contributed by atoms with E-state index in [1.807, 2.05) is 30.3 Å². The smallest absolute Gasteiger partial charge is 0.184 e. The lowest BCUT2D eigenvalue weighted by molar-refractivity contribution is -0.256. The van der Waals surface area contributed by atoms with Crippen LogP contribution in [0.15, 0.2) is 30.3 Å². The molecule has 2 rings (SSSR count). The highest BCUT2D eigenvalue weighted by Crippen LogP contribution is 2.24. The van der Waals surface area contributed by atoms with Crippen LogP contribution in [-0.4, -0.2) is 41.5 Å². The Morgan fingerprint density at radius 2 is 2.06 bits per heavy atom. The maximum Gasteiger partial charge on any atom is 0.184 e. The zero-order valence-electron chi connectivity index (χ0n) is 9.91. The van der Waals surface area contributed by atoms with Crippen molar-refractivity contribution in [2.45, 2.75) is 37.7 Å². The number of benzene rings is 1. The summed E-state index contributed by atoms with van der Waals surface area (Å²) in [6.45, 7) is -0.0843. The van der Waals surface area contributed by atoms with Gasteiger partial charge in [-0.05, 0) is 5.56 Å². The van der Waals surface area contributed by atoms with Gasteiger partial charge in [0.05, 0.1) is 19.3 Å². The molecule has 18 heavy (non-hydrogen) atoms. The van der Waals surface area contributed by atoms with Crippen molar-refractivity contribution in [3.8, 4) is 0 Å². The molecule has 0 aliphatic carbocycles. The Morgan fingerprint density at radius 3 is 2.67 bits per heavy atom. The molecule has 1 aliphatic rings. The summed E-state index contributed by atoms with van der Waals surface area (Å²) >= 11 is 0. The molecule has 0 saturated carbocycles. The molecular weight excluding hydrogens is 239 g/mol. The highest BCUT2D eigenvalue weighted by molar-refractivity contribution is 5.13. The van der Waals surface area contributed by atoms with E-state index in [1.54, 1.807) is 0 Å². The van der Waals surface area contributed by atoms with E-state index in [0.717, 1.165) is 5.56 Å². The van der Waals surface area contributed by atoms with Gasteiger partial charge in [0, 0.05) is 6.42 Å². The first-order valence-corrected chi connectivity index (χ1v) is 5.94. The molecule has 0 amide bonds. The lowest BCUT2D eigenvalue weighted by Gasteiger charge is -2.35. The van der Waals surface area contributed by atoms with Crippen LogP contribution < -0.4 is 0 Å². The van der Waals surface area contributed by atoms with Crippen molar-refractivity contribution in [1.29, 1.82) is 0 Å². The van der Waals surface area contributed by atoms with Gasteiger partial charge in [0.25, 0.3) is 0 Å². The van der Waals surface area contributed by atoms with E-state index >= 15 is 0 Å². The Morgan fingerprint density at radius 1 is 1.33 bits per heavy atom. The summed E-state index contributed by atoms with van der Waals surface area (Å²) in [4.78, 5) is 0. The SMILES string of the molecule is OC[C@H]1C[C@@H](F)[C@H](OCc2ccccc2)[C@H](O)O1. The minimum atomic E-state index is -1.34. The number of rotatable bonds is 4. The number of aliphatic hydroxyl groups excluding tert-OH is 2. The molecule has 1 aliphatic heterocycles. The molecule has 1 aromatic carbocycles. The lowest BCUT2D eigenvalue weighted by atomic mass is 10.0. The molecule has 0 spiro atoms. The summed E-state index contributed by atoms with van der Waals surface area (Å²) in [5.74, 6) is 0. The summed E-state index contributed by atoms with van der Waals surface area (Å²) in [5, 5.41) is 18.5. The van der Waals surface area contributed by atoms with Crippen LogP contribution in [0.2, 0.25) is 0 Å². The first-order chi connectivity index (χ1) is 8.70. The zero-order chi connectivity index (χ0) is 13.0. The lowest BCUT2D eigenvalue weighted by Crippen LogP contribution is -2.48. The molecule has 4 atom stereocenters. The van der Waals surface area contributed by atoms with Gasteiger partial charge in [-0.1, -0.05) is 30.3 Å². The molecular formula is C13H17FO4. The largest absolute Gasteiger partial charge is 0.394 e. The third kappa shape index (κ3) is 3.26. The second-order valence-corrected chi connectivity index (χ2v) is 4.34. The van der Waals surface area contributed by atoms with E-state index in [1.165, 1.54) is 0 Å². The standard InChI is InChI=1S/C13H17FO4/c14-11-6-10(7-15)18-13(16)12(11)17-8-9-4-2-1-3-5-9/h1-5,10-13,15-16H,6-8H2/t10-,11-,12+,13-/m1/s1. The van der Waals surface area contributed by atoms with Gasteiger partial charge >= 0.3 is 0 Å². The number of hydrogen-bond acceptors (Lipinski definition) is 4. The number of aliphatic hydroxyl groups is 2. The zero-order valence-corrected chi connectivity index (χ0v) is 9.91. The fourth-order valence-corrected chi connectivity index (χ4v) is 1.97. The predicted molar refractivity (Wildman–Crippen MR) is 62.5 cm³/mol. The van der Waals surface area contributed by atoms with Crippen molar-refractivity contribution in [1.82, 2.24) is 0 Å². The summed E-state index contributed by atoms with van der Waals surface area (Å²) in [6.07, 6.45) is -4.31. The van der Waals surface area contributed by atoms with E-state index in [9.17, 15) is 9.50 Å². The molecule has 4 nitrogen and oxygen atoms in total. The van der Waals surface area contributed by atoms with Crippen LogP contribution >= 0.6 is 0 Å². The molecule has 5 heteroatoms. The van der Waals surface area contributed by atoms with Crippen molar-refractivity contribution in [2.75, 3.05) is 6.61 Å². The van der Waals surface area contributed by atoms with Crippen molar-refractivity contribution >= 4 is 0 Å². The maximum absolute atomic E-state index is 13.8. The van der Waals surface area contributed by atoms with Gasteiger partial charge in [-0.3, -0.25) is 0 Å². The first-order valence-electron chi connectivity index (χ1n) is 5.94. The van der Waals surface area contributed by atoms with E-state index in [-0.39, 0.29) is 19.6 Å². The fraction of sp³-hybridized carbons (Fsp3) is 0.538. The second-order valence-electron chi connectivity index (χ2n) is 4.34. The average Bonchev–Trinajstić information content (AvgIpc) is 2.38. The van der Waals surface area contributed by atoms with Gasteiger partial charge in [0.15, 0.2) is 6.29 Å². The Bertz CT molecular complexity index is 347. The topological polar surface area (TPSA) is 58.9 Å². The summed E-state index contributed by atoms with van der Waals surface area (Å²) in [6, 6.07) is 9.33. The first kappa shape index (κ1) is 13.4. The molecule has 0 aromatic heterocycles. The van der Waals surface area contributed by atoms with Crippen LogP contribution in [-0.2, 0) is 16.1 Å². The molecule has 1 saturated heterocycles. The average molecular weight is 256 g/mol. The van der Waals surface area contributed by atoms with Crippen LogP contribution in [0.3, 0.4) is 0 Å². The van der Waals surface area contributed by atoms with Crippen molar-refractivity contribution in [3.63, 3.8) is 0 Å². The molecule has 0 bridgehead atoms. The van der Waals surface area contributed by atoms with Gasteiger partial charge < -0.3 is 19.7 Å². The Labute approximate surface area is 105 Å². The van der Waals surface area contributed by atoms with Crippen LogP contribution in [0.1, 0.15) is 12.0 Å². The molecule has 0 radical (unpaired) electrons. The van der Waals surface area contributed by atoms with Gasteiger partial charge in [0.1, 0.15) is 12.3 Å². The Hall–Kier alpha value is -1.01. The normalized spacial score (nSPS) is 32.4. The third-order valence-corrected chi connectivity index (χ3v) is 2.95. The predicted octanol–water partition coefficient (Wildman–Crippen LogP) is 1.01. The van der Waals surface area contributed by atoms with E-state index in [2.05, 4.69) is 0 Å². The van der Waals surface area contributed by atoms with Crippen LogP contribution in [0, 0.1) is 0 Å². The quantitative estimate of drug-likeness (QED) is 0.844. The molecule has 1 aromatic rings. The number of hydrogen-bond donors (Lipinski definition) is 2. The highest BCUT2D eigenvalue weighted by atomic mass is 19.1. The number of alkyl halides is 1. The molecule has 0 unspecified atom stereocenters. The Kier molecular flexibility index (Phi) is 4.66.